The van der Waals surface area contributed by atoms with Crippen molar-refractivity contribution < 1.29 is 22.4 Å². The summed E-state index contributed by atoms with van der Waals surface area (Å²) in [6, 6.07) is 27.0. The first-order chi connectivity index (χ1) is 20.1. The zero-order valence-electron chi connectivity index (χ0n) is 23.2. The Bertz CT molecular complexity index is 1650. The summed E-state index contributed by atoms with van der Waals surface area (Å²) in [4.78, 5) is 28.7. The van der Waals surface area contributed by atoms with Gasteiger partial charge in [-0.05, 0) is 48.9 Å². The molecule has 4 aromatic rings. The highest BCUT2D eigenvalue weighted by molar-refractivity contribution is 9.10. The summed E-state index contributed by atoms with van der Waals surface area (Å²) in [5, 5.41) is 2.61. The number of hydrogen-bond acceptors (Lipinski definition) is 4. The van der Waals surface area contributed by atoms with E-state index in [4.69, 9.17) is 0 Å². The predicted molar refractivity (Wildman–Crippen MR) is 165 cm³/mol. The molecule has 0 saturated heterocycles. The number of hydrogen-bond donors (Lipinski definition) is 1. The number of nitrogens with one attached hydrogen (secondary N) is 1. The van der Waals surface area contributed by atoms with Crippen LogP contribution in [0, 0.1) is 12.7 Å². The number of anilines is 1. The molecule has 0 bridgehead atoms. The number of nitrogens with zero attached hydrogens (tertiary/aromatic N) is 2. The van der Waals surface area contributed by atoms with E-state index in [9.17, 15) is 22.4 Å². The Kier molecular flexibility index (Phi) is 10.1. The average Bonchev–Trinajstić information content (AvgIpc) is 2.98. The molecule has 0 radical (unpaired) electrons. The van der Waals surface area contributed by atoms with Crippen molar-refractivity contribution in [3.05, 3.63) is 130 Å². The summed E-state index contributed by atoms with van der Waals surface area (Å²) in [5.41, 5.74) is 2.12. The Morgan fingerprint density at radius 2 is 1.57 bits per heavy atom. The van der Waals surface area contributed by atoms with Gasteiger partial charge in [0, 0.05) is 30.0 Å². The zero-order valence-corrected chi connectivity index (χ0v) is 25.6. The number of benzene rings is 4. The van der Waals surface area contributed by atoms with Crippen LogP contribution in [0.25, 0.3) is 0 Å². The van der Waals surface area contributed by atoms with Gasteiger partial charge in [-0.15, -0.1) is 0 Å². The summed E-state index contributed by atoms with van der Waals surface area (Å²) in [6.07, 6.45) is 0.141. The number of aryl methyl sites for hydroxylation is 1. The largest absolute Gasteiger partial charge is 0.357 e. The van der Waals surface area contributed by atoms with E-state index in [1.807, 2.05) is 37.3 Å². The molecule has 7 nitrogen and oxygen atoms in total. The van der Waals surface area contributed by atoms with E-state index in [0.29, 0.717) is 4.47 Å². The molecule has 42 heavy (non-hydrogen) atoms. The maximum absolute atomic E-state index is 14.9. The van der Waals surface area contributed by atoms with E-state index in [2.05, 4.69) is 21.2 Å². The van der Waals surface area contributed by atoms with Crippen LogP contribution in [0.3, 0.4) is 0 Å². The van der Waals surface area contributed by atoms with Crippen molar-refractivity contribution >= 4 is 43.5 Å². The molecule has 0 fully saturated rings. The Labute approximate surface area is 254 Å². The molecule has 4 aromatic carbocycles. The molecule has 0 aliphatic rings. The van der Waals surface area contributed by atoms with E-state index in [1.54, 1.807) is 42.5 Å². The fraction of sp³-hybridized carbons (Fsp3) is 0.188. The topological polar surface area (TPSA) is 86.8 Å². The minimum absolute atomic E-state index is 0.00802. The maximum Gasteiger partial charge on any atom is 0.264 e. The number of sulfonamides is 1. The van der Waals surface area contributed by atoms with Crippen LogP contribution in [0.5, 0.6) is 0 Å². The van der Waals surface area contributed by atoms with E-state index in [-0.39, 0.29) is 29.1 Å². The summed E-state index contributed by atoms with van der Waals surface area (Å²) in [5.74, 6) is -1.67. The Balaban J connectivity index is 1.80. The van der Waals surface area contributed by atoms with Gasteiger partial charge in [-0.25, -0.2) is 12.8 Å². The second-order valence-corrected chi connectivity index (χ2v) is 12.5. The molecule has 0 aliphatic heterocycles. The third-order valence-corrected chi connectivity index (χ3v) is 9.08. The van der Waals surface area contributed by atoms with Gasteiger partial charge in [0.25, 0.3) is 10.0 Å². The van der Waals surface area contributed by atoms with Gasteiger partial charge < -0.3 is 10.2 Å². The van der Waals surface area contributed by atoms with Crippen molar-refractivity contribution in [3.8, 4) is 0 Å². The van der Waals surface area contributed by atoms with Crippen LogP contribution in [-0.2, 0) is 32.6 Å². The second-order valence-electron chi connectivity index (χ2n) is 9.74. The first-order valence-electron chi connectivity index (χ1n) is 13.2. The second kappa shape index (κ2) is 13.8. The Morgan fingerprint density at radius 3 is 2.21 bits per heavy atom. The number of carbonyl (C=O) groups is 2. The molecular weight excluding hydrogens is 621 g/mol. The Morgan fingerprint density at radius 1 is 0.905 bits per heavy atom. The van der Waals surface area contributed by atoms with Crippen LogP contribution in [0.2, 0.25) is 0 Å². The fourth-order valence-electron chi connectivity index (χ4n) is 4.53. The van der Waals surface area contributed by atoms with Gasteiger partial charge >= 0.3 is 0 Å². The maximum atomic E-state index is 14.9. The molecule has 0 spiro atoms. The van der Waals surface area contributed by atoms with Crippen molar-refractivity contribution in [1.82, 2.24) is 10.2 Å². The van der Waals surface area contributed by atoms with Crippen LogP contribution < -0.4 is 9.62 Å². The average molecular weight is 653 g/mol. The van der Waals surface area contributed by atoms with E-state index < -0.39 is 40.2 Å². The minimum Gasteiger partial charge on any atom is -0.357 e. The molecule has 4 rings (SSSR count). The zero-order chi connectivity index (χ0) is 30.3. The summed E-state index contributed by atoms with van der Waals surface area (Å²) in [7, 11) is -2.76. The first kappa shape index (κ1) is 30.9. The summed E-state index contributed by atoms with van der Waals surface area (Å²) < 4.78 is 44.4. The molecule has 1 atom stereocenters. The number of halogens is 2. The molecule has 0 saturated carbocycles. The highest BCUT2D eigenvalue weighted by Crippen LogP contribution is 2.27. The fourth-order valence-corrected chi connectivity index (χ4v) is 6.32. The van der Waals surface area contributed by atoms with E-state index in [1.165, 1.54) is 42.3 Å². The molecule has 10 heteroatoms. The molecule has 0 aliphatic carbocycles. The van der Waals surface area contributed by atoms with Crippen molar-refractivity contribution in [3.63, 3.8) is 0 Å². The van der Waals surface area contributed by atoms with Gasteiger partial charge in [0.15, 0.2) is 0 Å². The number of rotatable bonds is 11. The minimum atomic E-state index is -4.22. The molecule has 0 unspecified atom stereocenters. The lowest BCUT2D eigenvalue weighted by atomic mass is 10.0. The van der Waals surface area contributed by atoms with Gasteiger partial charge in [0.05, 0.1) is 10.6 Å². The van der Waals surface area contributed by atoms with Crippen molar-refractivity contribution in [2.24, 2.45) is 0 Å². The van der Waals surface area contributed by atoms with E-state index >= 15 is 0 Å². The van der Waals surface area contributed by atoms with Gasteiger partial charge in [-0.1, -0.05) is 88.2 Å². The van der Waals surface area contributed by atoms with Crippen LogP contribution in [0.1, 0.15) is 16.7 Å². The molecule has 0 heterocycles. The SMILES string of the molecule is CNC(=O)[C@@H](Cc1ccccc1)N(Cc1ccccc1F)C(=O)CN(c1cccc(Br)c1)S(=O)(=O)c1ccc(C)cc1. The monoisotopic (exact) mass is 651 g/mol. The smallest absolute Gasteiger partial charge is 0.264 e. The van der Waals surface area contributed by atoms with Gasteiger partial charge in [0.2, 0.25) is 11.8 Å². The van der Waals surface area contributed by atoms with Crippen LogP contribution in [0.4, 0.5) is 10.1 Å². The number of amides is 2. The lowest BCUT2D eigenvalue weighted by Crippen LogP contribution is -2.53. The predicted octanol–water partition coefficient (Wildman–Crippen LogP) is 5.48. The molecule has 0 aromatic heterocycles. The van der Waals surface area contributed by atoms with Crippen molar-refractivity contribution in [2.75, 3.05) is 17.9 Å². The molecular formula is C32H31BrFN3O4S. The Hall–Kier alpha value is -4.02. The lowest BCUT2D eigenvalue weighted by molar-refractivity contribution is -0.139. The molecule has 1 N–H and O–H groups in total. The third-order valence-electron chi connectivity index (χ3n) is 6.80. The number of carbonyl (C=O) groups excluding carboxylic acids is 2. The van der Waals surface area contributed by atoms with E-state index in [0.717, 1.165) is 15.4 Å². The third kappa shape index (κ3) is 7.43. The van der Waals surface area contributed by atoms with Gasteiger partial charge in [-0.2, -0.15) is 0 Å². The highest BCUT2D eigenvalue weighted by atomic mass is 79.9. The first-order valence-corrected chi connectivity index (χ1v) is 15.5. The van der Waals surface area contributed by atoms with Crippen LogP contribution in [-0.4, -0.2) is 44.8 Å². The normalized spacial score (nSPS) is 11.9. The van der Waals surface area contributed by atoms with Crippen molar-refractivity contribution in [1.29, 1.82) is 0 Å². The molecule has 2 amide bonds. The molecule has 218 valence electrons. The summed E-state index contributed by atoms with van der Waals surface area (Å²) >= 11 is 3.39. The summed E-state index contributed by atoms with van der Waals surface area (Å²) in [6.45, 7) is 0.981. The van der Waals surface area contributed by atoms with Crippen LogP contribution in [0.15, 0.2) is 112 Å². The quantitative estimate of drug-likeness (QED) is 0.233. The lowest BCUT2D eigenvalue weighted by Gasteiger charge is -2.33. The standard InChI is InChI=1S/C32H31BrFN3O4S/c1-23-15-17-28(18-16-23)42(40,41)37(27-13-8-12-26(33)20-27)22-31(38)36(21-25-11-6-7-14-29(25)34)30(32(39)35-2)19-24-9-4-3-5-10-24/h3-18,20,30H,19,21-22H2,1-2H3,(H,35,39)/t30-/m1/s1. The van der Waals surface area contributed by atoms with Crippen LogP contribution >= 0.6 is 15.9 Å². The van der Waals surface area contributed by atoms with Crippen molar-refractivity contribution in [2.45, 2.75) is 30.8 Å². The van der Waals surface area contributed by atoms with Gasteiger partial charge in [0.1, 0.15) is 18.4 Å². The number of likely N-dealkylation sites (N-methyl/N-ethyl adjacent to an activating group) is 1. The van der Waals surface area contributed by atoms with Gasteiger partial charge in [-0.3, -0.25) is 13.9 Å². The highest BCUT2D eigenvalue weighted by Gasteiger charge is 2.34.